The Labute approximate surface area is 92.1 Å². The largest absolute Gasteiger partial charge is 0.481 e. The van der Waals surface area contributed by atoms with Crippen molar-refractivity contribution < 1.29 is 9.90 Å². The van der Waals surface area contributed by atoms with Gasteiger partial charge in [-0.3, -0.25) is 4.79 Å². The predicted molar refractivity (Wildman–Crippen MR) is 59.7 cm³/mol. The van der Waals surface area contributed by atoms with Crippen LogP contribution in [0.1, 0.15) is 58.8 Å². The monoisotopic (exact) mass is 210 g/mol. The molecule has 0 radical (unpaired) electrons. The van der Waals surface area contributed by atoms with Gasteiger partial charge in [-0.2, -0.15) is 0 Å². The highest BCUT2D eigenvalue weighted by molar-refractivity contribution is 5.67. The van der Waals surface area contributed by atoms with E-state index in [1.165, 1.54) is 25.7 Å². The van der Waals surface area contributed by atoms with E-state index < -0.39 is 5.97 Å². The Morgan fingerprint density at radius 2 is 1.73 bits per heavy atom. The second-order valence-corrected chi connectivity index (χ2v) is 6.37. The fourth-order valence-electron chi connectivity index (χ4n) is 3.15. The third-order valence-electron chi connectivity index (χ3n) is 4.55. The number of hydrogen-bond acceptors (Lipinski definition) is 1. The molecule has 2 saturated carbocycles. The van der Waals surface area contributed by atoms with Crippen molar-refractivity contribution in [3.8, 4) is 0 Å². The minimum Gasteiger partial charge on any atom is -0.481 e. The number of rotatable bonds is 3. The molecule has 0 heterocycles. The van der Waals surface area contributed by atoms with Gasteiger partial charge in [0.1, 0.15) is 0 Å². The van der Waals surface area contributed by atoms with Gasteiger partial charge in [-0.15, -0.1) is 0 Å². The molecule has 0 atom stereocenters. The second kappa shape index (κ2) is 3.50. The third kappa shape index (κ3) is 2.35. The third-order valence-corrected chi connectivity index (χ3v) is 4.55. The lowest BCUT2D eigenvalue weighted by Crippen LogP contribution is -2.34. The molecule has 86 valence electrons. The zero-order valence-electron chi connectivity index (χ0n) is 9.88. The van der Waals surface area contributed by atoms with Gasteiger partial charge < -0.3 is 5.11 Å². The first kappa shape index (κ1) is 11.0. The predicted octanol–water partition coefficient (Wildman–Crippen LogP) is 3.46. The quantitative estimate of drug-likeness (QED) is 0.774. The van der Waals surface area contributed by atoms with E-state index in [1.54, 1.807) is 0 Å². The summed E-state index contributed by atoms with van der Waals surface area (Å²) in [5.74, 6) is 0.131. The summed E-state index contributed by atoms with van der Waals surface area (Å²) in [6, 6.07) is 0. The SMILES string of the molecule is CC1(C)CCC(CC(=O)O)(C2CC2)CC1. The molecular weight excluding hydrogens is 188 g/mol. The molecule has 2 aliphatic rings. The van der Waals surface area contributed by atoms with Gasteiger partial charge in [0.15, 0.2) is 0 Å². The van der Waals surface area contributed by atoms with Crippen molar-refractivity contribution in [2.75, 3.05) is 0 Å². The van der Waals surface area contributed by atoms with Crippen molar-refractivity contribution in [3.05, 3.63) is 0 Å². The maximum Gasteiger partial charge on any atom is 0.303 e. The maximum atomic E-state index is 11.0. The number of carbonyl (C=O) groups is 1. The topological polar surface area (TPSA) is 37.3 Å². The zero-order chi connectivity index (χ0) is 11.1. The lowest BCUT2D eigenvalue weighted by Gasteiger charge is -2.43. The van der Waals surface area contributed by atoms with E-state index in [9.17, 15) is 4.79 Å². The second-order valence-electron chi connectivity index (χ2n) is 6.37. The standard InChI is InChI=1S/C13H22O2/c1-12(2)5-7-13(8-6-12,9-11(14)15)10-3-4-10/h10H,3-9H2,1-2H3,(H,14,15). The van der Waals surface area contributed by atoms with Gasteiger partial charge in [0, 0.05) is 0 Å². The highest BCUT2D eigenvalue weighted by atomic mass is 16.4. The van der Waals surface area contributed by atoms with Gasteiger partial charge in [-0.25, -0.2) is 0 Å². The molecule has 0 unspecified atom stereocenters. The van der Waals surface area contributed by atoms with Crippen molar-refractivity contribution in [3.63, 3.8) is 0 Å². The first-order chi connectivity index (χ1) is 6.94. The molecule has 0 spiro atoms. The van der Waals surface area contributed by atoms with Crippen LogP contribution in [0, 0.1) is 16.7 Å². The van der Waals surface area contributed by atoms with E-state index in [4.69, 9.17) is 5.11 Å². The van der Waals surface area contributed by atoms with Gasteiger partial charge in [0.05, 0.1) is 6.42 Å². The summed E-state index contributed by atoms with van der Waals surface area (Å²) < 4.78 is 0. The van der Waals surface area contributed by atoms with E-state index in [0.717, 1.165) is 18.8 Å². The molecule has 15 heavy (non-hydrogen) atoms. The Bertz CT molecular complexity index is 254. The van der Waals surface area contributed by atoms with E-state index in [0.29, 0.717) is 11.8 Å². The minimum absolute atomic E-state index is 0.168. The molecule has 2 aliphatic carbocycles. The summed E-state index contributed by atoms with van der Waals surface area (Å²) in [6.07, 6.45) is 7.64. The molecule has 0 amide bonds. The molecule has 0 aliphatic heterocycles. The van der Waals surface area contributed by atoms with Crippen molar-refractivity contribution in [1.82, 2.24) is 0 Å². The smallest absolute Gasteiger partial charge is 0.303 e. The van der Waals surface area contributed by atoms with Crippen LogP contribution in [-0.4, -0.2) is 11.1 Å². The summed E-state index contributed by atoms with van der Waals surface area (Å²) in [5.41, 5.74) is 0.609. The van der Waals surface area contributed by atoms with Crippen LogP contribution in [0.4, 0.5) is 0 Å². The van der Waals surface area contributed by atoms with E-state index >= 15 is 0 Å². The highest BCUT2D eigenvalue weighted by Gasteiger charge is 2.49. The minimum atomic E-state index is -0.596. The number of carboxylic acid groups (broad SMARTS) is 1. The summed E-state index contributed by atoms with van der Waals surface area (Å²) in [4.78, 5) is 11.0. The average molecular weight is 210 g/mol. The molecule has 1 N–H and O–H groups in total. The zero-order valence-corrected chi connectivity index (χ0v) is 9.88. The van der Waals surface area contributed by atoms with Crippen LogP contribution in [0.5, 0.6) is 0 Å². The average Bonchev–Trinajstić information content (AvgIpc) is 2.91. The summed E-state index contributed by atoms with van der Waals surface area (Å²) >= 11 is 0. The van der Waals surface area contributed by atoms with Crippen LogP contribution in [0.25, 0.3) is 0 Å². The Hall–Kier alpha value is -0.530. The molecule has 2 heteroatoms. The lowest BCUT2D eigenvalue weighted by atomic mass is 9.61. The van der Waals surface area contributed by atoms with Gasteiger partial charge in [-0.1, -0.05) is 13.8 Å². The Morgan fingerprint density at radius 1 is 1.20 bits per heavy atom. The van der Waals surface area contributed by atoms with E-state index in [2.05, 4.69) is 13.8 Å². The van der Waals surface area contributed by atoms with Crippen molar-refractivity contribution in [2.24, 2.45) is 16.7 Å². The fourth-order valence-corrected chi connectivity index (χ4v) is 3.15. The van der Waals surface area contributed by atoms with E-state index in [1.807, 2.05) is 0 Å². The van der Waals surface area contributed by atoms with Crippen LogP contribution in [0.3, 0.4) is 0 Å². The Kier molecular flexibility index (Phi) is 2.56. The van der Waals surface area contributed by atoms with Gasteiger partial charge >= 0.3 is 5.97 Å². The van der Waals surface area contributed by atoms with Crippen molar-refractivity contribution in [1.29, 1.82) is 0 Å². The van der Waals surface area contributed by atoms with Crippen LogP contribution < -0.4 is 0 Å². The molecule has 2 nitrogen and oxygen atoms in total. The van der Waals surface area contributed by atoms with Crippen LogP contribution in [-0.2, 0) is 4.79 Å². The van der Waals surface area contributed by atoms with Gasteiger partial charge in [0.2, 0.25) is 0 Å². The van der Waals surface area contributed by atoms with Crippen LogP contribution in [0.2, 0.25) is 0 Å². The van der Waals surface area contributed by atoms with Crippen molar-refractivity contribution in [2.45, 2.75) is 58.8 Å². The van der Waals surface area contributed by atoms with Gasteiger partial charge in [0.25, 0.3) is 0 Å². The summed E-state index contributed by atoms with van der Waals surface area (Å²) in [5, 5.41) is 9.04. The van der Waals surface area contributed by atoms with Crippen LogP contribution in [0.15, 0.2) is 0 Å². The number of aliphatic carboxylic acids is 1. The molecule has 0 aromatic rings. The molecule has 2 rings (SSSR count). The number of hydrogen-bond donors (Lipinski definition) is 1. The maximum absolute atomic E-state index is 11.0. The van der Waals surface area contributed by atoms with Crippen molar-refractivity contribution >= 4 is 5.97 Å². The summed E-state index contributed by atoms with van der Waals surface area (Å²) in [7, 11) is 0. The normalized spacial score (nSPS) is 28.7. The summed E-state index contributed by atoms with van der Waals surface area (Å²) in [6.45, 7) is 4.62. The molecule has 0 saturated heterocycles. The van der Waals surface area contributed by atoms with Crippen LogP contribution >= 0.6 is 0 Å². The highest BCUT2D eigenvalue weighted by Crippen LogP contribution is 2.58. The van der Waals surface area contributed by atoms with Gasteiger partial charge in [-0.05, 0) is 55.3 Å². The Balaban J connectivity index is 2.05. The first-order valence-corrected chi connectivity index (χ1v) is 6.15. The molecule has 0 bridgehead atoms. The first-order valence-electron chi connectivity index (χ1n) is 6.15. The molecule has 0 aromatic carbocycles. The molecular formula is C13H22O2. The Morgan fingerprint density at radius 3 is 2.13 bits per heavy atom. The molecule has 2 fully saturated rings. The fraction of sp³-hybridized carbons (Fsp3) is 0.923. The lowest BCUT2D eigenvalue weighted by molar-refractivity contribution is -0.141. The number of carboxylic acids is 1. The molecule has 0 aromatic heterocycles. The van der Waals surface area contributed by atoms with E-state index in [-0.39, 0.29) is 5.41 Å².